The molecular formula is C10H6ClNO. The van der Waals surface area contributed by atoms with Crippen molar-refractivity contribution in [2.75, 3.05) is 6.61 Å². The molecule has 2 nitrogen and oxygen atoms in total. The van der Waals surface area contributed by atoms with Gasteiger partial charge in [-0.3, -0.25) is 0 Å². The minimum absolute atomic E-state index is 0.225. The molecule has 0 saturated heterocycles. The van der Waals surface area contributed by atoms with E-state index in [1.54, 1.807) is 18.2 Å². The number of aliphatic hydroxyl groups is 1. The van der Waals surface area contributed by atoms with Gasteiger partial charge in [0.05, 0.1) is 5.56 Å². The van der Waals surface area contributed by atoms with Crippen LogP contribution < -0.4 is 0 Å². The van der Waals surface area contributed by atoms with E-state index in [2.05, 4.69) is 11.8 Å². The number of aliphatic hydroxyl groups excluding tert-OH is 1. The van der Waals surface area contributed by atoms with Crippen molar-refractivity contribution in [3.05, 3.63) is 34.3 Å². The Bertz CT molecular complexity index is 409. The zero-order valence-corrected chi connectivity index (χ0v) is 7.47. The van der Waals surface area contributed by atoms with Gasteiger partial charge < -0.3 is 5.11 Å². The highest BCUT2D eigenvalue weighted by Gasteiger charge is 1.98. The van der Waals surface area contributed by atoms with E-state index < -0.39 is 0 Å². The first kappa shape index (κ1) is 9.61. The quantitative estimate of drug-likeness (QED) is 0.633. The van der Waals surface area contributed by atoms with Gasteiger partial charge in [-0.15, -0.1) is 0 Å². The maximum absolute atomic E-state index is 8.69. The highest BCUT2D eigenvalue weighted by atomic mass is 35.5. The number of rotatable bonds is 0. The van der Waals surface area contributed by atoms with Gasteiger partial charge in [-0.05, 0) is 18.2 Å². The first-order valence-corrected chi connectivity index (χ1v) is 3.95. The molecule has 0 unspecified atom stereocenters. The molecule has 0 radical (unpaired) electrons. The van der Waals surface area contributed by atoms with Crippen molar-refractivity contribution in [2.45, 2.75) is 0 Å². The van der Waals surface area contributed by atoms with Gasteiger partial charge in [0.1, 0.15) is 12.7 Å². The summed E-state index contributed by atoms with van der Waals surface area (Å²) in [7, 11) is 0. The summed E-state index contributed by atoms with van der Waals surface area (Å²) in [6.45, 7) is -0.225. The number of nitriles is 1. The summed E-state index contributed by atoms with van der Waals surface area (Å²) >= 11 is 5.71. The third-order valence-corrected chi connectivity index (χ3v) is 1.64. The summed E-state index contributed by atoms with van der Waals surface area (Å²) in [4.78, 5) is 0. The minimum atomic E-state index is -0.225. The molecular weight excluding hydrogens is 186 g/mol. The summed E-state index contributed by atoms with van der Waals surface area (Å²) in [6.07, 6.45) is 0. The van der Waals surface area contributed by atoms with Crippen LogP contribution in [0.1, 0.15) is 11.1 Å². The molecule has 1 rings (SSSR count). The lowest BCUT2D eigenvalue weighted by atomic mass is 10.1. The molecule has 0 fully saturated rings. The fourth-order valence-corrected chi connectivity index (χ4v) is 1.02. The van der Waals surface area contributed by atoms with Crippen molar-refractivity contribution in [3.63, 3.8) is 0 Å². The molecule has 1 aromatic carbocycles. The van der Waals surface area contributed by atoms with Gasteiger partial charge in [0.2, 0.25) is 0 Å². The molecule has 0 amide bonds. The molecule has 0 atom stereocenters. The van der Waals surface area contributed by atoms with E-state index in [9.17, 15) is 0 Å². The minimum Gasteiger partial charge on any atom is -0.384 e. The fourth-order valence-electron chi connectivity index (χ4n) is 0.852. The first-order valence-electron chi connectivity index (χ1n) is 3.57. The molecule has 0 aliphatic heterocycles. The standard InChI is InChI=1S/C10H6ClNO/c11-10-4-3-9(7-12)8(6-10)2-1-5-13/h3-4,6,13H,5H2. The van der Waals surface area contributed by atoms with Gasteiger partial charge in [-0.2, -0.15) is 5.26 Å². The summed E-state index contributed by atoms with van der Waals surface area (Å²) in [5.41, 5.74) is 1.01. The van der Waals surface area contributed by atoms with Gasteiger partial charge in [0.25, 0.3) is 0 Å². The highest BCUT2D eigenvalue weighted by Crippen LogP contribution is 2.14. The molecule has 0 aliphatic carbocycles. The number of benzene rings is 1. The van der Waals surface area contributed by atoms with E-state index in [1.807, 2.05) is 6.07 Å². The van der Waals surface area contributed by atoms with Crippen LogP contribution in [0.4, 0.5) is 0 Å². The second-order valence-electron chi connectivity index (χ2n) is 2.26. The lowest BCUT2D eigenvalue weighted by Crippen LogP contribution is -1.83. The van der Waals surface area contributed by atoms with Crippen LogP contribution >= 0.6 is 11.6 Å². The zero-order valence-electron chi connectivity index (χ0n) is 6.71. The molecule has 1 N–H and O–H groups in total. The monoisotopic (exact) mass is 191 g/mol. The Morgan fingerprint density at radius 1 is 1.38 bits per heavy atom. The van der Waals surface area contributed by atoms with Crippen molar-refractivity contribution in [1.29, 1.82) is 5.26 Å². The normalized spacial score (nSPS) is 8.38. The van der Waals surface area contributed by atoms with Crippen LogP contribution in [0.2, 0.25) is 5.02 Å². The van der Waals surface area contributed by atoms with Gasteiger partial charge in [-0.25, -0.2) is 0 Å². The van der Waals surface area contributed by atoms with Crippen molar-refractivity contribution in [3.8, 4) is 17.9 Å². The Morgan fingerprint density at radius 3 is 2.77 bits per heavy atom. The van der Waals surface area contributed by atoms with Gasteiger partial charge >= 0.3 is 0 Å². The van der Waals surface area contributed by atoms with E-state index in [0.29, 0.717) is 16.1 Å². The summed E-state index contributed by atoms with van der Waals surface area (Å²) in [5, 5.41) is 17.7. The molecule has 13 heavy (non-hydrogen) atoms. The molecule has 0 spiro atoms. The molecule has 0 heterocycles. The Kier molecular flexibility index (Phi) is 3.34. The average Bonchev–Trinajstić information content (AvgIpc) is 2.15. The fraction of sp³-hybridized carbons (Fsp3) is 0.100. The SMILES string of the molecule is N#Cc1ccc(Cl)cc1C#CCO. The second-order valence-corrected chi connectivity index (χ2v) is 2.70. The summed E-state index contributed by atoms with van der Waals surface area (Å²) < 4.78 is 0. The first-order chi connectivity index (χ1) is 6.27. The van der Waals surface area contributed by atoms with Crippen LogP contribution in [0.25, 0.3) is 0 Å². The maximum atomic E-state index is 8.69. The van der Waals surface area contributed by atoms with Crippen LogP contribution in [0.3, 0.4) is 0 Å². The van der Waals surface area contributed by atoms with E-state index in [-0.39, 0.29) is 6.61 Å². The Balaban J connectivity index is 3.18. The van der Waals surface area contributed by atoms with Crippen molar-refractivity contribution >= 4 is 11.6 Å². The van der Waals surface area contributed by atoms with Crippen molar-refractivity contribution < 1.29 is 5.11 Å². The topological polar surface area (TPSA) is 44.0 Å². The van der Waals surface area contributed by atoms with Crippen LogP contribution in [0.15, 0.2) is 18.2 Å². The average molecular weight is 192 g/mol. The molecule has 0 bridgehead atoms. The number of hydrogen-bond donors (Lipinski definition) is 1. The smallest absolute Gasteiger partial charge is 0.104 e. The second kappa shape index (κ2) is 4.52. The lowest BCUT2D eigenvalue weighted by molar-refractivity contribution is 0.350. The van der Waals surface area contributed by atoms with Crippen LogP contribution in [-0.2, 0) is 0 Å². The van der Waals surface area contributed by atoms with Crippen LogP contribution in [0.5, 0.6) is 0 Å². The van der Waals surface area contributed by atoms with Crippen molar-refractivity contribution in [1.82, 2.24) is 0 Å². The van der Waals surface area contributed by atoms with E-state index in [4.69, 9.17) is 22.0 Å². The van der Waals surface area contributed by atoms with Gasteiger partial charge in [-0.1, -0.05) is 23.4 Å². The van der Waals surface area contributed by atoms with Crippen LogP contribution in [-0.4, -0.2) is 11.7 Å². The summed E-state index contributed by atoms with van der Waals surface area (Å²) in [5.74, 6) is 5.11. The predicted octanol–water partition coefficient (Wildman–Crippen LogP) is 1.56. The number of hydrogen-bond acceptors (Lipinski definition) is 2. The maximum Gasteiger partial charge on any atom is 0.104 e. The Morgan fingerprint density at radius 2 is 2.15 bits per heavy atom. The highest BCUT2D eigenvalue weighted by molar-refractivity contribution is 6.30. The Hall–Kier alpha value is -1.48. The summed E-state index contributed by atoms with van der Waals surface area (Å²) in [6, 6.07) is 6.82. The molecule has 64 valence electrons. The lowest BCUT2D eigenvalue weighted by Gasteiger charge is -1.94. The largest absolute Gasteiger partial charge is 0.384 e. The number of nitrogens with zero attached hydrogens (tertiary/aromatic N) is 1. The molecule has 0 aromatic heterocycles. The third-order valence-electron chi connectivity index (χ3n) is 1.40. The number of halogens is 1. The molecule has 0 aliphatic rings. The van der Waals surface area contributed by atoms with Gasteiger partial charge in [0.15, 0.2) is 0 Å². The van der Waals surface area contributed by atoms with Gasteiger partial charge in [0, 0.05) is 10.6 Å². The molecule has 0 saturated carbocycles. The Labute approximate surface area is 81.4 Å². The predicted molar refractivity (Wildman–Crippen MR) is 50.1 cm³/mol. The zero-order chi connectivity index (χ0) is 9.68. The van der Waals surface area contributed by atoms with Crippen molar-refractivity contribution in [2.24, 2.45) is 0 Å². The van der Waals surface area contributed by atoms with E-state index in [1.165, 1.54) is 0 Å². The van der Waals surface area contributed by atoms with E-state index in [0.717, 1.165) is 0 Å². The third kappa shape index (κ3) is 2.49. The van der Waals surface area contributed by atoms with Crippen LogP contribution in [0, 0.1) is 23.2 Å². The molecule has 3 heteroatoms. The van der Waals surface area contributed by atoms with E-state index >= 15 is 0 Å². The molecule has 1 aromatic rings.